The van der Waals surface area contributed by atoms with Crippen LogP contribution in [-0.4, -0.2) is 24.6 Å². The average Bonchev–Trinajstić information content (AvgIpc) is 2.62. The maximum Gasteiger partial charge on any atom is 0.166 e. The molecular formula is C11H15BrFN3. The number of hydrogen-bond donors (Lipinski definition) is 1. The van der Waals surface area contributed by atoms with Crippen molar-refractivity contribution in [3.8, 4) is 0 Å². The van der Waals surface area contributed by atoms with Crippen molar-refractivity contribution in [3.63, 3.8) is 0 Å². The summed E-state index contributed by atoms with van der Waals surface area (Å²) in [5.74, 6) is 0.149. The van der Waals surface area contributed by atoms with Gasteiger partial charge in [0.2, 0.25) is 0 Å². The van der Waals surface area contributed by atoms with Gasteiger partial charge < -0.3 is 10.6 Å². The Balaban J connectivity index is 2.21. The zero-order valence-corrected chi connectivity index (χ0v) is 10.8. The number of rotatable bonds is 2. The van der Waals surface area contributed by atoms with E-state index in [-0.39, 0.29) is 11.2 Å². The molecule has 0 amide bonds. The predicted octanol–water partition coefficient (Wildman–Crippen LogP) is 2.16. The maximum absolute atomic E-state index is 13.7. The molecule has 0 saturated carbocycles. The standard InChI is InChI=1S/C11H15BrFN3/c1-11(6-14)2-3-16(7-11)10-9(13)4-8(12)5-15-10/h4-5H,2-3,6-7,14H2,1H3. The first-order valence-electron chi connectivity index (χ1n) is 5.30. The van der Waals surface area contributed by atoms with Crippen LogP contribution in [0.1, 0.15) is 13.3 Å². The van der Waals surface area contributed by atoms with Crippen LogP contribution in [0.2, 0.25) is 0 Å². The van der Waals surface area contributed by atoms with Crippen LogP contribution in [-0.2, 0) is 0 Å². The Kier molecular flexibility index (Phi) is 3.17. The Labute approximate surface area is 103 Å². The van der Waals surface area contributed by atoms with E-state index < -0.39 is 0 Å². The van der Waals surface area contributed by atoms with Gasteiger partial charge in [0.25, 0.3) is 0 Å². The smallest absolute Gasteiger partial charge is 0.166 e. The number of anilines is 1. The van der Waals surface area contributed by atoms with E-state index in [0.29, 0.717) is 16.8 Å². The quantitative estimate of drug-likeness (QED) is 0.906. The number of nitrogens with zero attached hydrogens (tertiary/aromatic N) is 2. The minimum Gasteiger partial charge on any atom is -0.354 e. The van der Waals surface area contributed by atoms with Crippen molar-refractivity contribution >= 4 is 21.7 Å². The van der Waals surface area contributed by atoms with Crippen molar-refractivity contribution in [1.82, 2.24) is 4.98 Å². The van der Waals surface area contributed by atoms with Gasteiger partial charge in [0.15, 0.2) is 11.6 Å². The minimum atomic E-state index is -0.282. The molecule has 2 N–H and O–H groups in total. The van der Waals surface area contributed by atoms with Gasteiger partial charge in [-0.15, -0.1) is 0 Å². The highest BCUT2D eigenvalue weighted by molar-refractivity contribution is 9.10. The molecule has 2 heterocycles. The van der Waals surface area contributed by atoms with Gasteiger partial charge in [0, 0.05) is 23.8 Å². The molecule has 16 heavy (non-hydrogen) atoms. The molecule has 5 heteroatoms. The Bertz CT molecular complexity index is 399. The second kappa shape index (κ2) is 4.30. The zero-order chi connectivity index (χ0) is 11.8. The van der Waals surface area contributed by atoms with Crippen molar-refractivity contribution in [2.75, 3.05) is 24.5 Å². The fourth-order valence-electron chi connectivity index (χ4n) is 2.01. The molecule has 1 aliphatic heterocycles. The number of pyridine rings is 1. The number of halogens is 2. The minimum absolute atomic E-state index is 0.0845. The van der Waals surface area contributed by atoms with E-state index in [2.05, 4.69) is 27.8 Å². The summed E-state index contributed by atoms with van der Waals surface area (Å²) in [6.45, 7) is 4.35. The van der Waals surface area contributed by atoms with E-state index in [0.717, 1.165) is 19.5 Å². The Morgan fingerprint density at radius 1 is 1.69 bits per heavy atom. The van der Waals surface area contributed by atoms with Gasteiger partial charge in [-0.2, -0.15) is 0 Å². The molecule has 1 fully saturated rings. The molecule has 1 aromatic rings. The van der Waals surface area contributed by atoms with Crippen LogP contribution in [0, 0.1) is 11.2 Å². The third-order valence-corrected chi connectivity index (χ3v) is 3.57. The van der Waals surface area contributed by atoms with E-state index in [1.165, 1.54) is 6.07 Å². The van der Waals surface area contributed by atoms with Gasteiger partial charge >= 0.3 is 0 Å². The van der Waals surface area contributed by atoms with Gasteiger partial charge in [-0.05, 0) is 40.4 Å². The SMILES string of the molecule is CC1(CN)CCN(c2ncc(Br)cc2F)C1. The third kappa shape index (κ3) is 2.20. The molecule has 0 bridgehead atoms. The lowest BCUT2D eigenvalue weighted by Gasteiger charge is -2.23. The number of aromatic nitrogens is 1. The van der Waals surface area contributed by atoms with Gasteiger partial charge in [-0.3, -0.25) is 0 Å². The molecule has 0 radical (unpaired) electrons. The first-order valence-corrected chi connectivity index (χ1v) is 6.09. The normalized spacial score (nSPS) is 25.1. The lowest BCUT2D eigenvalue weighted by molar-refractivity contribution is 0.383. The average molecular weight is 288 g/mol. The zero-order valence-electron chi connectivity index (χ0n) is 9.21. The topological polar surface area (TPSA) is 42.1 Å². The first kappa shape index (κ1) is 11.8. The van der Waals surface area contributed by atoms with Gasteiger partial charge in [-0.25, -0.2) is 9.37 Å². The first-order chi connectivity index (χ1) is 7.54. The Morgan fingerprint density at radius 2 is 2.44 bits per heavy atom. The highest BCUT2D eigenvalue weighted by atomic mass is 79.9. The lowest BCUT2D eigenvalue weighted by atomic mass is 9.90. The monoisotopic (exact) mass is 287 g/mol. The van der Waals surface area contributed by atoms with Crippen molar-refractivity contribution < 1.29 is 4.39 Å². The molecule has 1 aliphatic rings. The van der Waals surface area contributed by atoms with Gasteiger partial charge in [0.05, 0.1) is 0 Å². The summed E-state index contributed by atoms with van der Waals surface area (Å²) < 4.78 is 14.4. The van der Waals surface area contributed by atoms with Crippen LogP contribution in [0.5, 0.6) is 0 Å². The maximum atomic E-state index is 13.7. The van der Waals surface area contributed by atoms with Crippen molar-refractivity contribution in [1.29, 1.82) is 0 Å². The van der Waals surface area contributed by atoms with Crippen molar-refractivity contribution in [2.24, 2.45) is 11.1 Å². The highest BCUT2D eigenvalue weighted by Crippen LogP contribution is 2.32. The van der Waals surface area contributed by atoms with Gasteiger partial charge in [-0.1, -0.05) is 6.92 Å². The fourth-order valence-corrected chi connectivity index (χ4v) is 2.31. The lowest BCUT2D eigenvalue weighted by Crippen LogP contribution is -2.31. The van der Waals surface area contributed by atoms with E-state index >= 15 is 0 Å². The second-order valence-corrected chi connectivity index (χ2v) is 5.56. The summed E-state index contributed by atoms with van der Waals surface area (Å²) in [5, 5.41) is 0. The molecule has 0 aliphatic carbocycles. The van der Waals surface area contributed by atoms with Crippen LogP contribution in [0.3, 0.4) is 0 Å². The summed E-state index contributed by atoms with van der Waals surface area (Å²) >= 11 is 3.20. The van der Waals surface area contributed by atoms with Crippen LogP contribution >= 0.6 is 15.9 Å². The van der Waals surface area contributed by atoms with Crippen LogP contribution < -0.4 is 10.6 Å². The number of hydrogen-bond acceptors (Lipinski definition) is 3. The summed E-state index contributed by atoms with van der Waals surface area (Å²) in [7, 11) is 0. The van der Waals surface area contributed by atoms with E-state index in [1.54, 1.807) is 6.20 Å². The molecular weight excluding hydrogens is 273 g/mol. The molecule has 0 spiro atoms. The predicted molar refractivity (Wildman–Crippen MR) is 65.9 cm³/mol. The Morgan fingerprint density at radius 3 is 3.00 bits per heavy atom. The largest absolute Gasteiger partial charge is 0.354 e. The molecule has 1 aromatic heterocycles. The molecule has 1 unspecified atom stereocenters. The van der Waals surface area contributed by atoms with Crippen molar-refractivity contribution in [3.05, 3.63) is 22.6 Å². The fraction of sp³-hybridized carbons (Fsp3) is 0.545. The van der Waals surface area contributed by atoms with Crippen LogP contribution in [0.4, 0.5) is 10.2 Å². The molecule has 0 aromatic carbocycles. The Hall–Kier alpha value is -0.680. The highest BCUT2D eigenvalue weighted by Gasteiger charge is 2.34. The molecule has 1 saturated heterocycles. The van der Waals surface area contributed by atoms with Crippen LogP contribution in [0.25, 0.3) is 0 Å². The van der Waals surface area contributed by atoms with E-state index in [9.17, 15) is 4.39 Å². The summed E-state index contributed by atoms with van der Waals surface area (Å²) in [6.07, 6.45) is 2.61. The molecule has 1 atom stereocenters. The number of nitrogens with two attached hydrogens (primary N) is 1. The van der Waals surface area contributed by atoms with Crippen molar-refractivity contribution in [2.45, 2.75) is 13.3 Å². The summed E-state index contributed by atoms with van der Waals surface area (Å²) in [6, 6.07) is 1.44. The summed E-state index contributed by atoms with van der Waals surface area (Å²) in [4.78, 5) is 6.09. The second-order valence-electron chi connectivity index (χ2n) is 4.65. The van der Waals surface area contributed by atoms with Crippen LogP contribution in [0.15, 0.2) is 16.7 Å². The molecule has 88 valence electrons. The third-order valence-electron chi connectivity index (χ3n) is 3.14. The van der Waals surface area contributed by atoms with Gasteiger partial charge in [0.1, 0.15) is 0 Å². The van der Waals surface area contributed by atoms with E-state index in [1.807, 2.05) is 4.90 Å². The van der Waals surface area contributed by atoms with E-state index in [4.69, 9.17) is 5.73 Å². The molecule has 3 nitrogen and oxygen atoms in total. The summed E-state index contributed by atoms with van der Waals surface area (Å²) in [5.41, 5.74) is 5.81. The molecule has 2 rings (SSSR count).